The molecule has 8 heteroatoms. The van der Waals surface area contributed by atoms with Gasteiger partial charge in [0.15, 0.2) is 5.56 Å². The average molecular weight is 533 g/mol. The maximum absolute atomic E-state index is 13.0. The molecule has 0 spiro atoms. The molecule has 1 aromatic carbocycles. The Morgan fingerprint density at radius 3 is 2.38 bits per heavy atom. The summed E-state index contributed by atoms with van der Waals surface area (Å²) in [7, 11) is 3.38. The van der Waals surface area contributed by atoms with Crippen molar-refractivity contribution in [3.8, 4) is 29.0 Å². The van der Waals surface area contributed by atoms with E-state index in [1.54, 1.807) is 0 Å². The minimum Gasteiger partial charge on any atom is -0.492 e. The number of hydrogen-bond acceptors (Lipinski definition) is 7. The molecule has 3 aromatic rings. The van der Waals surface area contributed by atoms with Gasteiger partial charge in [0, 0.05) is 36.7 Å². The lowest BCUT2D eigenvalue weighted by Gasteiger charge is -2.20. The summed E-state index contributed by atoms with van der Waals surface area (Å²) in [6.07, 6.45) is 6.47. The van der Waals surface area contributed by atoms with Gasteiger partial charge in [-0.25, -0.2) is 9.78 Å². The number of aromatic nitrogens is 2. The van der Waals surface area contributed by atoms with Gasteiger partial charge in [-0.1, -0.05) is 39.7 Å². The number of carbonyl (C=O) groups is 1. The number of fused-ring (bicyclic) bond motifs is 1. The molecular weight excluding hydrogens is 492 g/mol. The second-order valence-electron chi connectivity index (χ2n) is 9.99. The fraction of sp³-hybridized carbons (Fsp3) is 0.516. The molecule has 0 atom stereocenters. The standard InChI is InChI=1S/C31H40N4O4/c1-6-9-17-38-28-22(8-3)27(33-29(39-18-10-7-2)26(28)31(36)37-5)21-13-14-25-23(19-21)24(20-32)30(34(25)4)35-15-11-12-16-35/h13-14,19H,6-12,15-18H2,1-5H3. The summed E-state index contributed by atoms with van der Waals surface area (Å²) in [4.78, 5) is 20.2. The number of anilines is 1. The quantitative estimate of drug-likeness (QED) is 0.196. The zero-order valence-electron chi connectivity index (χ0n) is 23.9. The molecule has 39 heavy (non-hydrogen) atoms. The van der Waals surface area contributed by atoms with Crippen molar-refractivity contribution in [2.75, 3.05) is 38.3 Å². The Morgan fingerprint density at radius 2 is 1.77 bits per heavy atom. The van der Waals surface area contributed by atoms with Gasteiger partial charge in [-0.2, -0.15) is 5.26 Å². The molecule has 0 bridgehead atoms. The number of carbonyl (C=O) groups excluding carboxylic acids is 1. The number of ether oxygens (including phenoxy) is 3. The van der Waals surface area contributed by atoms with Crippen LogP contribution in [0.1, 0.15) is 80.8 Å². The van der Waals surface area contributed by atoms with Crippen LogP contribution < -0.4 is 14.4 Å². The van der Waals surface area contributed by atoms with Gasteiger partial charge in [-0.15, -0.1) is 0 Å². The first kappa shape index (κ1) is 28.3. The Kier molecular flexibility index (Phi) is 9.34. The molecule has 0 unspecified atom stereocenters. The lowest BCUT2D eigenvalue weighted by atomic mass is 9.98. The SMILES string of the molecule is CCCCOc1nc(-c2ccc3c(c2)c(C#N)c(N2CCCC2)n3C)c(CC)c(OCCCC)c1C(=O)OC. The first-order chi connectivity index (χ1) is 19.0. The third-order valence-electron chi connectivity index (χ3n) is 7.40. The topological polar surface area (TPSA) is 89.6 Å². The Hall–Kier alpha value is -3.73. The predicted molar refractivity (Wildman–Crippen MR) is 154 cm³/mol. The van der Waals surface area contributed by atoms with E-state index in [0.29, 0.717) is 36.6 Å². The van der Waals surface area contributed by atoms with Crippen molar-refractivity contribution in [1.29, 1.82) is 5.26 Å². The molecule has 1 aliphatic heterocycles. The van der Waals surface area contributed by atoms with Crippen LogP contribution in [-0.2, 0) is 18.2 Å². The molecule has 1 fully saturated rings. The van der Waals surface area contributed by atoms with Gasteiger partial charge in [0.1, 0.15) is 23.2 Å². The van der Waals surface area contributed by atoms with Crippen LogP contribution in [0.25, 0.3) is 22.2 Å². The van der Waals surface area contributed by atoms with Crippen LogP contribution in [0.4, 0.5) is 5.82 Å². The van der Waals surface area contributed by atoms with E-state index in [1.165, 1.54) is 7.11 Å². The third-order valence-corrected chi connectivity index (χ3v) is 7.40. The lowest BCUT2D eigenvalue weighted by molar-refractivity contribution is 0.0589. The van der Waals surface area contributed by atoms with Gasteiger partial charge in [0.2, 0.25) is 5.88 Å². The summed E-state index contributed by atoms with van der Waals surface area (Å²) in [5.41, 5.74) is 4.29. The van der Waals surface area contributed by atoms with Crippen LogP contribution in [0, 0.1) is 11.3 Å². The number of nitriles is 1. The van der Waals surface area contributed by atoms with Crippen molar-refractivity contribution >= 4 is 22.7 Å². The Bertz CT molecular complexity index is 1370. The smallest absolute Gasteiger partial charge is 0.347 e. The second kappa shape index (κ2) is 12.9. The number of rotatable bonds is 12. The highest BCUT2D eigenvalue weighted by Crippen LogP contribution is 2.41. The van der Waals surface area contributed by atoms with Gasteiger partial charge in [0.05, 0.1) is 31.5 Å². The fourth-order valence-corrected chi connectivity index (χ4v) is 5.31. The number of unbranched alkanes of at least 4 members (excludes halogenated alkanes) is 2. The van der Waals surface area contributed by atoms with Crippen LogP contribution in [0.5, 0.6) is 11.6 Å². The van der Waals surface area contributed by atoms with Crippen molar-refractivity contribution in [2.45, 2.75) is 65.7 Å². The second-order valence-corrected chi connectivity index (χ2v) is 9.99. The summed E-state index contributed by atoms with van der Waals surface area (Å²) in [6.45, 7) is 9.03. The van der Waals surface area contributed by atoms with E-state index in [9.17, 15) is 10.1 Å². The van der Waals surface area contributed by atoms with E-state index in [4.69, 9.17) is 19.2 Å². The van der Waals surface area contributed by atoms with Crippen LogP contribution >= 0.6 is 0 Å². The summed E-state index contributed by atoms with van der Waals surface area (Å²) in [5.74, 6) is 1.14. The van der Waals surface area contributed by atoms with Gasteiger partial charge < -0.3 is 23.7 Å². The molecule has 0 amide bonds. The summed E-state index contributed by atoms with van der Waals surface area (Å²) < 4.78 is 19.6. The van der Waals surface area contributed by atoms with Gasteiger partial charge in [0.25, 0.3) is 0 Å². The van der Waals surface area contributed by atoms with Crippen molar-refractivity contribution in [2.24, 2.45) is 7.05 Å². The van der Waals surface area contributed by atoms with E-state index in [-0.39, 0.29) is 11.4 Å². The number of esters is 1. The number of pyridine rings is 1. The van der Waals surface area contributed by atoms with Gasteiger partial charge in [-0.05, 0) is 44.2 Å². The van der Waals surface area contributed by atoms with Crippen molar-refractivity contribution in [1.82, 2.24) is 9.55 Å². The Morgan fingerprint density at radius 1 is 1.08 bits per heavy atom. The highest BCUT2D eigenvalue weighted by Gasteiger charge is 2.29. The van der Waals surface area contributed by atoms with Gasteiger partial charge >= 0.3 is 5.97 Å². The summed E-state index contributed by atoms with van der Waals surface area (Å²) in [5, 5.41) is 11.1. The zero-order chi connectivity index (χ0) is 27.9. The van der Waals surface area contributed by atoms with Crippen LogP contribution in [0.2, 0.25) is 0 Å². The van der Waals surface area contributed by atoms with E-state index in [1.807, 2.05) is 26.1 Å². The molecule has 4 rings (SSSR count). The number of nitrogens with zero attached hydrogens (tertiary/aromatic N) is 4. The number of methoxy groups -OCH3 is 1. The molecule has 0 N–H and O–H groups in total. The first-order valence-corrected chi connectivity index (χ1v) is 14.2. The lowest BCUT2D eigenvalue weighted by Crippen LogP contribution is -2.21. The number of hydrogen-bond donors (Lipinski definition) is 0. The van der Waals surface area contributed by atoms with E-state index >= 15 is 0 Å². The number of benzene rings is 1. The van der Waals surface area contributed by atoms with Crippen LogP contribution in [0.3, 0.4) is 0 Å². The van der Waals surface area contributed by atoms with E-state index in [0.717, 1.165) is 79.5 Å². The van der Waals surface area contributed by atoms with Gasteiger partial charge in [-0.3, -0.25) is 0 Å². The van der Waals surface area contributed by atoms with E-state index in [2.05, 4.69) is 35.5 Å². The van der Waals surface area contributed by atoms with E-state index < -0.39 is 5.97 Å². The molecule has 2 aromatic heterocycles. The molecular formula is C31H40N4O4. The Labute approximate surface area is 231 Å². The molecule has 8 nitrogen and oxygen atoms in total. The molecule has 208 valence electrons. The zero-order valence-corrected chi connectivity index (χ0v) is 23.9. The largest absolute Gasteiger partial charge is 0.492 e. The van der Waals surface area contributed by atoms with Crippen LogP contribution in [0.15, 0.2) is 18.2 Å². The summed E-state index contributed by atoms with van der Waals surface area (Å²) in [6, 6.07) is 8.59. The van der Waals surface area contributed by atoms with Crippen molar-refractivity contribution in [3.63, 3.8) is 0 Å². The predicted octanol–water partition coefficient (Wildman–Crippen LogP) is 6.42. The molecule has 1 saturated heterocycles. The molecule has 0 radical (unpaired) electrons. The molecule has 3 heterocycles. The van der Waals surface area contributed by atoms with Crippen molar-refractivity contribution in [3.05, 3.63) is 34.9 Å². The maximum Gasteiger partial charge on any atom is 0.347 e. The minimum absolute atomic E-state index is 0.223. The van der Waals surface area contributed by atoms with Crippen molar-refractivity contribution < 1.29 is 19.0 Å². The summed E-state index contributed by atoms with van der Waals surface area (Å²) >= 11 is 0. The highest BCUT2D eigenvalue weighted by atomic mass is 16.5. The third kappa shape index (κ3) is 5.54. The fourth-order valence-electron chi connectivity index (χ4n) is 5.31. The molecule has 0 saturated carbocycles. The monoisotopic (exact) mass is 532 g/mol. The average Bonchev–Trinajstić information content (AvgIpc) is 3.58. The molecule has 0 aliphatic carbocycles. The maximum atomic E-state index is 13.0. The van der Waals surface area contributed by atoms with Crippen LogP contribution in [-0.4, -0.2) is 48.9 Å². The minimum atomic E-state index is -0.526. The highest BCUT2D eigenvalue weighted by molar-refractivity contribution is 5.98. The molecule has 1 aliphatic rings. The number of aryl methyl sites for hydroxylation is 1. The Balaban J connectivity index is 1.94. The first-order valence-electron chi connectivity index (χ1n) is 14.2. The normalized spacial score (nSPS) is 13.1.